The van der Waals surface area contributed by atoms with Crippen LogP contribution < -0.4 is 0 Å². The maximum absolute atomic E-state index is 12.6. The molecule has 0 bridgehead atoms. The van der Waals surface area contributed by atoms with Crippen molar-refractivity contribution in [1.29, 1.82) is 0 Å². The molecule has 0 saturated heterocycles. The predicted molar refractivity (Wildman–Crippen MR) is 124 cm³/mol. The van der Waals surface area contributed by atoms with Crippen molar-refractivity contribution < 1.29 is 14.6 Å². The molecule has 0 amide bonds. The Balaban J connectivity index is 1.63. The highest BCUT2D eigenvalue weighted by Gasteiger charge is 2.12. The van der Waals surface area contributed by atoms with Gasteiger partial charge in [0.05, 0.1) is 16.1 Å². The van der Waals surface area contributed by atoms with Gasteiger partial charge < -0.3 is 4.84 Å². The van der Waals surface area contributed by atoms with E-state index in [0.717, 1.165) is 10.8 Å². The van der Waals surface area contributed by atoms with Crippen molar-refractivity contribution in [1.82, 2.24) is 0 Å². The lowest BCUT2D eigenvalue weighted by atomic mass is 10.1. The van der Waals surface area contributed by atoms with Crippen LogP contribution >= 0.6 is 0 Å². The maximum Gasteiger partial charge on any atom is 0.365 e. The number of nitrogens with zero attached hydrogens (tertiary/aromatic N) is 2. The first-order valence-electron chi connectivity index (χ1n) is 9.87. The van der Waals surface area contributed by atoms with Gasteiger partial charge in [0, 0.05) is 11.6 Å². The van der Waals surface area contributed by atoms with Crippen LogP contribution in [0.4, 0.5) is 5.69 Å². The number of hydrogen-bond acceptors (Lipinski definition) is 5. The number of rotatable bonds is 6. The lowest BCUT2D eigenvalue weighted by Gasteiger charge is -2.04. The van der Waals surface area contributed by atoms with E-state index >= 15 is 0 Å². The Morgan fingerprint density at radius 1 is 0.812 bits per heavy atom. The Bertz CT molecular complexity index is 1340. The molecule has 156 valence electrons. The zero-order chi connectivity index (χ0) is 22.3. The van der Waals surface area contributed by atoms with Gasteiger partial charge in [-0.25, -0.2) is 4.79 Å². The Morgan fingerprint density at radius 3 is 2.28 bits per heavy atom. The highest BCUT2D eigenvalue weighted by atomic mass is 16.7. The standard InChI is InChI=1S/C26H18N2O4/c29-26(23-15-14-19-8-4-5-12-22(19)18-23)32-27-24(20-9-2-1-3-10-20)17-16-21-11-6-7-13-25(21)28(30)31/h1-18H. The minimum absolute atomic E-state index is 0.0238. The number of benzene rings is 4. The SMILES string of the molecule is O=C(ON=C(C=Cc1ccccc1[N+](=O)[O-])c1ccccc1)c1ccc2ccccc2c1. The molecule has 4 aromatic carbocycles. The van der Waals surface area contributed by atoms with Crippen LogP contribution in [0.3, 0.4) is 0 Å². The summed E-state index contributed by atoms with van der Waals surface area (Å²) < 4.78 is 0. The van der Waals surface area contributed by atoms with Crippen molar-refractivity contribution in [2.24, 2.45) is 5.16 Å². The molecule has 0 fully saturated rings. The minimum atomic E-state index is -0.594. The third kappa shape index (κ3) is 4.76. The van der Waals surface area contributed by atoms with Crippen molar-refractivity contribution in [2.45, 2.75) is 0 Å². The number of nitro benzene ring substituents is 1. The topological polar surface area (TPSA) is 81.8 Å². The smallest absolute Gasteiger partial charge is 0.312 e. The summed E-state index contributed by atoms with van der Waals surface area (Å²) in [6.45, 7) is 0. The average Bonchev–Trinajstić information content (AvgIpc) is 2.84. The van der Waals surface area contributed by atoms with Crippen molar-refractivity contribution in [3.8, 4) is 0 Å². The average molecular weight is 422 g/mol. The quantitative estimate of drug-likeness (QED) is 0.165. The van der Waals surface area contributed by atoms with E-state index in [0.29, 0.717) is 22.4 Å². The summed E-state index contributed by atoms with van der Waals surface area (Å²) in [6, 6.07) is 28.5. The molecule has 0 aliphatic rings. The minimum Gasteiger partial charge on any atom is -0.312 e. The van der Waals surface area contributed by atoms with Crippen molar-refractivity contribution in [2.75, 3.05) is 0 Å². The van der Waals surface area contributed by atoms with Gasteiger partial charge in [-0.2, -0.15) is 0 Å². The van der Waals surface area contributed by atoms with Crippen LogP contribution in [-0.4, -0.2) is 16.6 Å². The van der Waals surface area contributed by atoms with Gasteiger partial charge in [0.25, 0.3) is 5.69 Å². The van der Waals surface area contributed by atoms with Crippen molar-refractivity contribution in [3.63, 3.8) is 0 Å². The Morgan fingerprint density at radius 2 is 1.50 bits per heavy atom. The lowest BCUT2D eigenvalue weighted by molar-refractivity contribution is -0.385. The lowest BCUT2D eigenvalue weighted by Crippen LogP contribution is -2.05. The monoisotopic (exact) mass is 422 g/mol. The Labute approximate surface area is 184 Å². The van der Waals surface area contributed by atoms with E-state index in [4.69, 9.17) is 4.84 Å². The fourth-order valence-electron chi connectivity index (χ4n) is 3.21. The second-order valence-electron chi connectivity index (χ2n) is 6.93. The van der Waals surface area contributed by atoms with Gasteiger partial charge >= 0.3 is 5.97 Å². The van der Waals surface area contributed by atoms with Crippen LogP contribution in [0.25, 0.3) is 16.8 Å². The molecule has 0 aromatic heterocycles. The molecule has 0 aliphatic heterocycles. The largest absolute Gasteiger partial charge is 0.365 e. The van der Waals surface area contributed by atoms with Crippen LogP contribution in [0.2, 0.25) is 0 Å². The number of carbonyl (C=O) groups is 1. The first kappa shape index (κ1) is 20.7. The van der Waals surface area contributed by atoms with Gasteiger partial charge in [-0.05, 0) is 41.1 Å². The van der Waals surface area contributed by atoms with Gasteiger partial charge in [-0.1, -0.05) is 78.0 Å². The van der Waals surface area contributed by atoms with Crippen LogP contribution in [0.1, 0.15) is 21.5 Å². The molecule has 32 heavy (non-hydrogen) atoms. The second-order valence-corrected chi connectivity index (χ2v) is 6.93. The van der Waals surface area contributed by atoms with Gasteiger partial charge in [0.15, 0.2) is 0 Å². The van der Waals surface area contributed by atoms with Gasteiger partial charge in [0.1, 0.15) is 5.71 Å². The molecule has 0 aliphatic carbocycles. The number of oxime groups is 1. The number of carbonyl (C=O) groups excluding carboxylic acids is 1. The number of allylic oxidation sites excluding steroid dienone is 1. The maximum atomic E-state index is 12.6. The van der Waals surface area contributed by atoms with Crippen molar-refractivity contribution in [3.05, 3.63) is 130 Å². The molecule has 6 heteroatoms. The van der Waals surface area contributed by atoms with E-state index in [2.05, 4.69) is 5.16 Å². The Hall–Kier alpha value is -4.58. The molecule has 0 atom stereocenters. The molecule has 0 N–H and O–H groups in total. The zero-order valence-corrected chi connectivity index (χ0v) is 16.9. The molecular weight excluding hydrogens is 404 g/mol. The van der Waals surface area contributed by atoms with E-state index in [1.54, 1.807) is 42.5 Å². The van der Waals surface area contributed by atoms with E-state index in [1.807, 2.05) is 60.7 Å². The van der Waals surface area contributed by atoms with Crippen molar-refractivity contribution >= 4 is 34.2 Å². The molecular formula is C26H18N2O4. The Kier molecular flexibility index (Phi) is 6.13. The molecule has 0 heterocycles. The van der Waals surface area contributed by atoms with Crippen LogP contribution in [-0.2, 0) is 4.84 Å². The van der Waals surface area contributed by atoms with E-state index < -0.39 is 10.9 Å². The normalized spacial score (nSPS) is 11.6. The zero-order valence-electron chi connectivity index (χ0n) is 16.9. The van der Waals surface area contributed by atoms with E-state index in [-0.39, 0.29) is 5.69 Å². The summed E-state index contributed by atoms with van der Waals surface area (Å²) in [4.78, 5) is 28.7. The second kappa shape index (κ2) is 9.49. The summed E-state index contributed by atoms with van der Waals surface area (Å²) in [5.74, 6) is -0.594. The van der Waals surface area contributed by atoms with Crippen LogP contribution in [0, 0.1) is 10.1 Å². The summed E-state index contributed by atoms with van der Waals surface area (Å²) in [6.07, 6.45) is 3.17. The molecule has 4 rings (SSSR count). The summed E-state index contributed by atoms with van der Waals surface area (Å²) in [5, 5.41) is 17.3. The highest BCUT2D eigenvalue weighted by Crippen LogP contribution is 2.20. The first-order chi connectivity index (χ1) is 15.6. The third-order valence-electron chi connectivity index (χ3n) is 4.84. The molecule has 0 saturated carbocycles. The third-order valence-corrected chi connectivity index (χ3v) is 4.84. The molecule has 4 aromatic rings. The fraction of sp³-hybridized carbons (Fsp3) is 0. The fourth-order valence-corrected chi connectivity index (χ4v) is 3.21. The van der Waals surface area contributed by atoms with Gasteiger partial charge in [-0.15, -0.1) is 0 Å². The number of fused-ring (bicyclic) bond motifs is 1. The first-order valence-corrected chi connectivity index (χ1v) is 9.87. The molecule has 0 spiro atoms. The van der Waals surface area contributed by atoms with E-state index in [9.17, 15) is 14.9 Å². The molecule has 6 nitrogen and oxygen atoms in total. The summed E-state index contributed by atoms with van der Waals surface area (Å²) >= 11 is 0. The van der Waals surface area contributed by atoms with Gasteiger partial charge in [0.2, 0.25) is 0 Å². The van der Waals surface area contributed by atoms with Crippen LogP contribution in [0.5, 0.6) is 0 Å². The highest BCUT2D eigenvalue weighted by molar-refractivity contribution is 6.11. The number of nitro groups is 1. The summed E-state index contributed by atoms with van der Waals surface area (Å²) in [7, 11) is 0. The molecule has 0 unspecified atom stereocenters. The predicted octanol–water partition coefficient (Wildman–Crippen LogP) is 6.02. The number of para-hydroxylation sites is 1. The molecule has 0 radical (unpaired) electrons. The van der Waals surface area contributed by atoms with Gasteiger partial charge in [-0.3, -0.25) is 10.1 Å². The van der Waals surface area contributed by atoms with Crippen LogP contribution in [0.15, 0.2) is 108 Å². The summed E-state index contributed by atoms with van der Waals surface area (Å²) in [5.41, 5.74) is 1.83. The number of hydrogen-bond donors (Lipinski definition) is 0. The van der Waals surface area contributed by atoms with E-state index in [1.165, 1.54) is 6.07 Å².